The Kier molecular flexibility index (Phi) is 3.05. The predicted molar refractivity (Wildman–Crippen MR) is 78.9 cm³/mol. The number of aromatic amines is 1. The summed E-state index contributed by atoms with van der Waals surface area (Å²) in [7, 11) is 0. The second-order valence-corrected chi connectivity index (χ2v) is 5.29. The van der Waals surface area contributed by atoms with Crippen LogP contribution in [0.1, 0.15) is 11.1 Å². The lowest BCUT2D eigenvalue weighted by Gasteiger charge is -2.06. The highest BCUT2D eigenvalue weighted by molar-refractivity contribution is 14.1. The Morgan fingerprint density at radius 2 is 2.05 bits per heavy atom. The smallest absolute Gasteiger partial charge is 0.208 e. The van der Waals surface area contributed by atoms with E-state index >= 15 is 0 Å². The van der Waals surface area contributed by atoms with Crippen molar-refractivity contribution in [3.8, 4) is 17.1 Å². The molecule has 0 aliphatic heterocycles. The number of H-pyrrole nitrogens is 1. The van der Waals surface area contributed by atoms with E-state index in [1.54, 1.807) is 6.20 Å². The highest BCUT2D eigenvalue weighted by atomic mass is 127. The number of benzene rings is 1. The van der Waals surface area contributed by atoms with Gasteiger partial charge in [-0.3, -0.25) is 0 Å². The van der Waals surface area contributed by atoms with Crippen LogP contribution in [0.5, 0.6) is 0 Å². The molecular weight excluding hydrogens is 355 g/mol. The zero-order chi connectivity index (χ0) is 13.4. The molecule has 2 heterocycles. The van der Waals surface area contributed by atoms with E-state index in [1.807, 2.05) is 4.68 Å². The molecule has 0 radical (unpaired) electrons. The Labute approximate surface area is 123 Å². The zero-order valence-electron chi connectivity index (χ0n) is 10.4. The van der Waals surface area contributed by atoms with Gasteiger partial charge in [-0.2, -0.15) is 10.3 Å². The lowest BCUT2D eigenvalue weighted by Crippen LogP contribution is -2.00. The average Bonchev–Trinajstić information content (AvgIpc) is 3.02. The zero-order valence-corrected chi connectivity index (χ0v) is 12.6. The number of aryl methyl sites for hydroxylation is 2. The van der Waals surface area contributed by atoms with Gasteiger partial charge in [-0.25, -0.2) is 4.68 Å². The fourth-order valence-electron chi connectivity index (χ4n) is 1.80. The summed E-state index contributed by atoms with van der Waals surface area (Å²) >= 11 is 2.24. The van der Waals surface area contributed by atoms with E-state index in [9.17, 15) is 0 Å². The molecule has 0 atom stereocenters. The number of hydrogen-bond acceptors (Lipinski definition) is 4. The van der Waals surface area contributed by atoms with Crippen LogP contribution in [0.15, 0.2) is 24.4 Å². The normalized spacial score (nSPS) is 10.9. The minimum atomic E-state index is 0.555. The van der Waals surface area contributed by atoms with Gasteiger partial charge >= 0.3 is 0 Å². The molecular formula is C12H11IN6. The molecule has 7 heteroatoms. The summed E-state index contributed by atoms with van der Waals surface area (Å²) in [6, 6.07) is 6.26. The second kappa shape index (κ2) is 4.72. The quantitative estimate of drug-likeness (QED) is 0.707. The van der Waals surface area contributed by atoms with E-state index in [0.29, 0.717) is 5.82 Å². The van der Waals surface area contributed by atoms with Crippen LogP contribution >= 0.6 is 22.6 Å². The topological polar surface area (TPSA) is 72.3 Å². The minimum absolute atomic E-state index is 0.555. The van der Waals surface area contributed by atoms with E-state index in [-0.39, 0.29) is 0 Å². The fourth-order valence-corrected chi connectivity index (χ4v) is 2.58. The van der Waals surface area contributed by atoms with Crippen molar-refractivity contribution >= 4 is 22.6 Å². The van der Waals surface area contributed by atoms with Gasteiger partial charge in [0.15, 0.2) is 0 Å². The van der Waals surface area contributed by atoms with Gasteiger partial charge in [0.1, 0.15) is 3.70 Å². The molecule has 0 aliphatic carbocycles. The molecule has 19 heavy (non-hydrogen) atoms. The first-order chi connectivity index (χ1) is 9.16. The summed E-state index contributed by atoms with van der Waals surface area (Å²) in [4.78, 5) is 0. The van der Waals surface area contributed by atoms with Crippen LogP contribution in [0.2, 0.25) is 0 Å². The van der Waals surface area contributed by atoms with E-state index in [1.165, 1.54) is 11.1 Å². The van der Waals surface area contributed by atoms with E-state index in [2.05, 4.69) is 80.4 Å². The van der Waals surface area contributed by atoms with Gasteiger partial charge in [-0.1, -0.05) is 6.07 Å². The Balaban J connectivity index is 2.09. The molecule has 1 aromatic carbocycles. The summed E-state index contributed by atoms with van der Waals surface area (Å²) in [5, 5.41) is 18.4. The minimum Gasteiger partial charge on any atom is -0.227 e. The molecule has 0 aliphatic rings. The molecule has 6 nitrogen and oxygen atoms in total. The average molecular weight is 366 g/mol. The molecule has 0 amide bonds. The van der Waals surface area contributed by atoms with E-state index < -0.39 is 0 Å². The lowest BCUT2D eigenvalue weighted by molar-refractivity contribution is 0.857. The summed E-state index contributed by atoms with van der Waals surface area (Å²) in [6.07, 6.45) is 1.75. The van der Waals surface area contributed by atoms with Crippen molar-refractivity contribution in [1.82, 2.24) is 30.4 Å². The van der Waals surface area contributed by atoms with Crippen LogP contribution in [0.3, 0.4) is 0 Å². The Morgan fingerprint density at radius 1 is 1.21 bits per heavy atom. The summed E-state index contributed by atoms with van der Waals surface area (Å²) in [6.45, 7) is 4.19. The molecule has 0 saturated heterocycles. The van der Waals surface area contributed by atoms with Gasteiger partial charge in [-0.05, 0) is 64.9 Å². The summed E-state index contributed by atoms with van der Waals surface area (Å²) in [5.74, 6) is 0.555. The van der Waals surface area contributed by atoms with Crippen molar-refractivity contribution in [3.63, 3.8) is 0 Å². The number of nitrogens with zero attached hydrogens (tertiary/aromatic N) is 5. The standard InChI is InChI=1S/C12H11IN6/c1-7-3-4-9(5-8(7)2)19-11(13)10(6-14-19)12-15-17-18-16-12/h3-6H,1-2H3,(H,15,16,17,18). The molecule has 3 rings (SSSR count). The molecule has 3 aromatic rings. The van der Waals surface area contributed by atoms with Gasteiger partial charge in [0.25, 0.3) is 0 Å². The van der Waals surface area contributed by atoms with Crippen LogP contribution in [0.25, 0.3) is 17.1 Å². The molecule has 2 aromatic heterocycles. The van der Waals surface area contributed by atoms with Crippen molar-refractivity contribution in [3.05, 3.63) is 39.2 Å². The van der Waals surface area contributed by atoms with Gasteiger partial charge in [0.2, 0.25) is 5.82 Å². The monoisotopic (exact) mass is 366 g/mol. The number of halogens is 1. The maximum absolute atomic E-state index is 4.40. The first kappa shape index (κ1) is 12.3. The Bertz CT molecular complexity index is 716. The highest BCUT2D eigenvalue weighted by Crippen LogP contribution is 2.24. The van der Waals surface area contributed by atoms with Crippen LogP contribution in [-0.4, -0.2) is 30.4 Å². The number of rotatable bonds is 2. The molecule has 96 valence electrons. The van der Waals surface area contributed by atoms with Crippen LogP contribution in [0, 0.1) is 17.5 Å². The third kappa shape index (κ3) is 2.14. The second-order valence-electron chi connectivity index (χ2n) is 4.26. The van der Waals surface area contributed by atoms with Gasteiger partial charge < -0.3 is 0 Å². The molecule has 1 N–H and O–H groups in total. The third-order valence-corrected chi connectivity index (χ3v) is 4.07. The van der Waals surface area contributed by atoms with Crippen molar-refractivity contribution < 1.29 is 0 Å². The van der Waals surface area contributed by atoms with Crippen molar-refractivity contribution in [2.75, 3.05) is 0 Å². The maximum Gasteiger partial charge on any atom is 0.208 e. The number of hydrogen-bond donors (Lipinski definition) is 1. The van der Waals surface area contributed by atoms with Gasteiger partial charge in [-0.15, -0.1) is 10.2 Å². The maximum atomic E-state index is 4.40. The van der Waals surface area contributed by atoms with Crippen molar-refractivity contribution in [1.29, 1.82) is 0 Å². The summed E-state index contributed by atoms with van der Waals surface area (Å²) < 4.78 is 2.83. The lowest BCUT2D eigenvalue weighted by atomic mass is 10.1. The summed E-state index contributed by atoms with van der Waals surface area (Å²) in [5.41, 5.74) is 4.41. The molecule has 0 spiro atoms. The fraction of sp³-hybridized carbons (Fsp3) is 0.167. The molecule has 0 unspecified atom stereocenters. The Hall–Kier alpha value is -1.77. The van der Waals surface area contributed by atoms with E-state index in [4.69, 9.17) is 0 Å². The predicted octanol–water partition coefficient (Wildman–Crippen LogP) is 2.27. The van der Waals surface area contributed by atoms with Crippen molar-refractivity contribution in [2.45, 2.75) is 13.8 Å². The van der Waals surface area contributed by atoms with Crippen LogP contribution in [-0.2, 0) is 0 Å². The number of nitrogens with one attached hydrogen (secondary N) is 1. The molecule has 0 bridgehead atoms. The van der Waals surface area contributed by atoms with Crippen LogP contribution < -0.4 is 0 Å². The highest BCUT2D eigenvalue weighted by Gasteiger charge is 2.14. The molecule has 0 fully saturated rings. The largest absolute Gasteiger partial charge is 0.227 e. The Morgan fingerprint density at radius 3 is 2.74 bits per heavy atom. The SMILES string of the molecule is Cc1ccc(-n2ncc(-c3nn[nH]n3)c2I)cc1C. The van der Waals surface area contributed by atoms with Gasteiger partial charge in [0.05, 0.1) is 17.4 Å². The van der Waals surface area contributed by atoms with Crippen molar-refractivity contribution in [2.24, 2.45) is 0 Å². The van der Waals surface area contributed by atoms with Crippen LogP contribution in [0.4, 0.5) is 0 Å². The first-order valence-electron chi connectivity index (χ1n) is 5.72. The number of tetrazole rings is 1. The van der Waals surface area contributed by atoms with Gasteiger partial charge in [0, 0.05) is 0 Å². The number of aromatic nitrogens is 6. The third-order valence-electron chi connectivity index (χ3n) is 3.03. The first-order valence-corrected chi connectivity index (χ1v) is 6.79. The van der Waals surface area contributed by atoms with E-state index in [0.717, 1.165) is 15.0 Å². The molecule has 0 saturated carbocycles.